The lowest BCUT2D eigenvalue weighted by molar-refractivity contribution is -0.114. The van der Waals surface area contributed by atoms with Crippen LogP contribution in [0.3, 0.4) is 0 Å². The van der Waals surface area contributed by atoms with Crippen LogP contribution in [0.25, 0.3) is 10.6 Å². The summed E-state index contributed by atoms with van der Waals surface area (Å²) in [6.45, 7) is 3.44. The number of benzene rings is 1. The molecule has 0 aliphatic rings. The molecule has 0 spiro atoms. The van der Waals surface area contributed by atoms with E-state index in [9.17, 15) is 4.79 Å². The molecule has 0 atom stereocenters. The van der Waals surface area contributed by atoms with Crippen molar-refractivity contribution >= 4 is 39.7 Å². The monoisotopic (exact) mass is 354 g/mol. The van der Waals surface area contributed by atoms with Crippen molar-refractivity contribution in [2.75, 3.05) is 23.0 Å². The first kappa shape index (κ1) is 16.8. The lowest BCUT2D eigenvalue weighted by Crippen LogP contribution is -2.05. The van der Waals surface area contributed by atoms with E-state index < -0.39 is 0 Å². The van der Waals surface area contributed by atoms with Gasteiger partial charge in [0.15, 0.2) is 5.13 Å². The summed E-state index contributed by atoms with van der Waals surface area (Å²) >= 11 is 1.55. The number of aryl methyl sites for hydroxylation is 1. The van der Waals surface area contributed by atoms with E-state index in [-0.39, 0.29) is 5.91 Å². The number of rotatable bonds is 5. The number of nitrogens with zero attached hydrogens (tertiary/aromatic N) is 3. The average molecular weight is 354 g/mol. The molecule has 7 nitrogen and oxygen atoms in total. The summed E-state index contributed by atoms with van der Waals surface area (Å²) in [5.41, 5.74) is 3.33. The molecule has 0 fully saturated rings. The zero-order chi connectivity index (χ0) is 17.8. The van der Waals surface area contributed by atoms with Crippen molar-refractivity contribution in [3.63, 3.8) is 0 Å². The Morgan fingerprint density at radius 3 is 2.44 bits per heavy atom. The molecular weight excluding hydrogens is 336 g/mol. The highest BCUT2D eigenvalue weighted by Gasteiger charge is 2.11. The molecule has 0 saturated heterocycles. The number of thiazole rings is 1. The summed E-state index contributed by atoms with van der Waals surface area (Å²) in [5, 5.41) is 9.80. The van der Waals surface area contributed by atoms with Crippen molar-refractivity contribution in [1.82, 2.24) is 15.0 Å². The number of amides is 1. The van der Waals surface area contributed by atoms with Gasteiger partial charge in [-0.3, -0.25) is 4.79 Å². The summed E-state index contributed by atoms with van der Waals surface area (Å²) < 4.78 is 0. The van der Waals surface area contributed by atoms with E-state index in [2.05, 4.69) is 30.9 Å². The molecule has 1 amide bonds. The standard InChI is InChI=1S/C17H18N6OS/c1-10-15(25-17(18-3)20-10)14-8-9-19-16(23-14)22-13-6-4-12(5-7-13)21-11(2)24/h4-9H,1-3H3,(H,18,20)(H,21,24)(H,19,22,23). The fourth-order valence-corrected chi connectivity index (χ4v) is 3.15. The summed E-state index contributed by atoms with van der Waals surface area (Å²) in [6, 6.07) is 9.22. The Hall–Kier alpha value is -3.00. The number of carbonyl (C=O) groups is 1. The highest BCUT2D eigenvalue weighted by Crippen LogP contribution is 2.31. The van der Waals surface area contributed by atoms with Gasteiger partial charge in [0.1, 0.15) is 0 Å². The molecule has 25 heavy (non-hydrogen) atoms. The molecular formula is C17H18N6OS. The number of carbonyl (C=O) groups excluding carboxylic acids is 1. The molecule has 0 saturated carbocycles. The van der Waals surface area contributed by atoms with E-state index >= 15 is 0 Å². The minimum absolute atomic E-state index is 0.0994. The first-order chi connectivity index (χ1) is 12.0. The SMILES string of the molecule is CNc1nc(C)c(-c2ccnc(Nc3ccc(NC(C)=O)cc3)n2)s1. The van der Waals surface area contributed by atoms with Crippen LogP contribution < -0.4 is 16.0 Å². The third-order valence-corrected chi connectivity index (χ3v) is 4.56. The van der Waals surface area contributed by atoms with Crippen LogP contribution in [0.5, 0.6) is 0 Å². The molecule has 0 bridgehead atoms. The van der Waals surface area contributed by atoms with Crippen LogP contribution in [0.4, 0.5) is 22.5 Å². The van der Waals surface area contributed by atoms with E-state index in [0.29, 0.717) is 5.95 Å². The molecule has 8 heteroatoms. The number of hydrogen-bond acceptors (Lipinski definition) is 7. The van der Waals surface area contributed by atoms with Gasteiger partial charge in [0.2, 0.25) is 11.9 Å². The summed E-state index contributed by atoms with van der Waals surface area (Å²) in [5.74, 6) is 0.404. The molecule has 2 heterocycles. The third kappa shape index (κ3) is 4.10. The van der Waals surface area contributed by atoms with Gasteiger partial charge >= 0.3 is 0 Å². The minimum atomic E-state index is -0.0994. The Kier molecular flexibility index (Phi) is 4.90. The number of hydrogen-bond donors (Lipinski definition) is 3. The van der Waals surface area contributed by atoms with E-state index in [4.69, 9.17) is 0 Å². The summed E-state index contributed by atoms with van der Waals surface area (Å²) in [4.78, 5) is 25.3. The number of aromatic nitrogens is 3. The molecule has 128 valence electrons. The quantitative estimate of drug-likeness (QED) is 0.648. The van der Waals surface area contributed by atoms with Gasteiger partial charge in [-0.25, -0.2) is 15.0 Å². The second-order valence-electron chi connectivity index (χ2n) is 5.33. The maximum atomic E-state index is 11.1. The minimum Gasteiger partial charge on any atom is -0.365 e. The Labute approximate surface area is 149 Å². The highest BCUT2D eigenvalue weighted by molar-refractivity contribution is 7.19. The van der Waals surface area contributed by atoms with Crippen LogP contribution >= 0.6 is 11.3 Å². The van der Waals surface area contributed by atoms with E-state index in [1.54, 1.807) is 17.5 Å². The fraction of sp³-hybridized carbons (Fsp3) is 0.176. The Bertz CT molecular complexity index is 890. The van der Waals surface area contributed by atoms with Gasteiger partial charge in [0.25, 0.3) is 0 Å². The number of anilines is 4. The average Bonchev–Trinajstić information content (AvgIpc) is 2.97. The van der Waals surface area contributed by atoms with Crippen molar-refractivity contribution in [3.05, 3.63) is 42.2 Å². The van der Waals surface area contributed by atoms with Crippen molar-refractivity contribution in [3.8, 4) is 10.6 Å². The highest BCUT2D eigenvalue weighted by atomic mass is 32.1. The lowest BCUT2D eigenvalue weighted by atomic mass is 10.2. The van der Waals surface area contributed by atoms with E-state index in [0.717, 1.165) is 32.8 Å². The van der Waals surface area contributed by atoms with Gasteiger partial charge in [-0.15, -0.1) is 0 Å². The second-order valence-corrected chi connectivity index (χ2v) is 6.33. The Morgan fingerprint density at radius 2 is 1.80 bits per heavy atom. The largest absolute Gasteiger partial charge is 0.365 e. The molecule has 0 aliphatic heterocycles. The fourth-order valence-electron chi connectivity index (χ4n) is 2.26. The second kappa shape index (κ2) is 7.27. The predicted octanol–water partition coefficient (Wildman–Crippen LogP) is 3.65. The van der Waals surface area contributed by atoms with Gasteiger partial charge in [-0.2, -0.15) is 0 Å². The van der Waals surface area contributed by atoms with Crippen LogP contribution in [0.2, 0.25) is 0 Å². The van der Waals surface area contributed by atoms with Crippen LogP contribution in [0, 0.1) is 6.92 Å². The third-order valence-electron chi connectivity index (χ3n) is 3.36. The van der Waals surface area contributed by atoms with Crippen molar-refractivity contribution < 1.29 is 4.79 Å². The molecule has 2 aromatic heterocycles. The maximum absolute atomic E-state index is 11.1. The number of nitrogens with one attached hydrogen (secondary N) is 3. The summed E-state index contributed by atoms with van der Waals surface area (Å²) in [6.07, 6.45) is 1.72. The zero-order valence-corrected chi connectivity index (χ0v) is 14.9. The first-order valence-electron chi connectivity index (χ1n) is 7.68. The van der Waals surface area contributed by atoms with Crippen molar-refractivity contribution in [1.29, 1.82) is 0 Å². The van der Waals surface area contributed by atoms with Crippen LogP contribution in [-0.4, -0.2) is 27.9 Å². The van der Waals surface area contributed by atoms with Gasteiger partial charge in [-0.1, -0.05) is 11.3 Å². The van der Waals surface area contributed by atoms with Crippen LogP contribution in [0.1, 0.15) is 12.6 Å². The molecule has 3 rings (SSSR count). The van der Waals surface area contributed by atoms with Gasteiger partial charge in [0.05, 0.1) is 16.3 Å². The van der Waals surface area contributed by atoms with Gasteiger partial charge in [0, 0.05) is 31.5 Å². The van der Waals surface area contributed by atoms with E-state index in [1.807, 2.05) is 44.3 Å². The smallest absolute Gasteiger partial charge is 0.227 e. The van der Waals surface area contributed by atoms with Gasteiger partial charge in [-0.05, 0) is 37.3 Å². The van der Waals surface area contributed by atoms with Gasteiger partial charge < -0.3 is 16.0 Å². The lowest BCUT2D eigenvalue weighted by Gasteiger charge is -2.07. The van der Waals surface area contributed by atoms with Crippen molar-refractivity contribution in [2.24, 2.45) is 0 Å². The summed E-state index contributed by atoms with van der Waals surface area (Å²) in [7, 11) is 1.85. The first-order valence-corrected chi connectivity index (χ1v) is 8.50. The van der Waals surface area contributed by atoms with Crippen molar-refractivity contribution in [2.45, 2.75) is 13.8 Å². The molecule has 0 radical (unpaired) electrons. The maximum Gasteiger partial charge on any atom is 0.227 e. The predicted molar refractivity (Wildman–Crippen MR) is 101 cm³/mol. The Balaban J connectivity index is 1.79. The normalized spacial score (nSPS) is 10.4. The molecule has 0 unspecified atom stereocenters. The van der Waals surface area contributed by atoms with E-state index in [1.165, 1.54) is 6.92 Å². The van der Waals surface area contributed by atoms with Crippen LogP contribution in [-0.2, 0) is 4.79 Å². The molecule has 1 aromatic carbocycles. The van der Waals surface area contributed by atoms with Crippen LogP contribution in [0.15, 0.2) is 36.5 Å². The zero-order valence-electron chi connectivity index (χ0n) is 14.1. The topological polar surface area (TPSA) is 91.8 Å². The Morgan fingerprint density at radius 1 is 1.08 bits per heavy atom. The molecule has 3 N–H and O–H groups in total. The molecule has 3 aromatic rings. The molecule has 0 aliphatic carbocycles.